The third kappa shape index (κ3) is 6.09. The molecule has 0 aliphatic heterocycles. The van der Waals surface area contributed by atoms with Crippen LogP contribution in [-0.2, 0) is 9.63 Å². The Labute approximate surface area is 155 Å². The predicted octanol–water partition coefficient (Wildman–Crippen LogP) is 3.13. The summed E-state index contributed by atoms with van der Waals surface area (Å²) in [5.41, 5.74) is 0.846. The molecule has 5 atom stereocenters. The lowest BCUT2D eigenvalue weighted by molar-refractivity contribution is -0.142. The Balaban J connectivity index is 1.68. The molecule has 0 radical (unpaired) electrons. The molecule has 2 saturated carbocycles. The van der Waals surface area contributed by atoms with Crippen molar-refractivity contribution in [2.75, 3.05) is 6.61 Å². The van der Waals surface area contributed by atoms with Gasteiger partial charge in [-0.1, -0.05) is 62.8 Å². The van der Waals surface area contributed by atoms with Crippen LogP contribution in [0, 0.1) is 17.8 Å². The number of unbranched alkanes of at least 4 members (excludes halogenated alkanes) is 5. The van der Waals surface area contributed by atoms with E-state index in [-0.39, 0.29) is 17.8 Å². The highest BCUT2D eigenvalue weighted by Gasteiger charge is 2.51. The molecule has 3 unspecified atom stereocenters. The summed E-state index contributed by atoms with van der Waals surface area (Å²) in [6, 6.07) is 0. The fourth-order valence-electron chi connectivity index (χ4n) is 4.01. The first-order valence-electron chi connectivity index (χ1n) is 9.97. The second-order valence-corrected chi connectivity index (χ2v) is 7.62. The largest absolute Gasteiger partial charge is 0.479 e. The van der Waals surface area contributed by atoms with E-state index < -0.39 is 24.8 Å². The van der Waals surface area contributed by atoms with Gasteiger partial charge in [0.1, 0.15) is 0 Å². The van der Waals surface area contributed by atoms with Crippen LogP contribution in [-0.4, -0.2) is 45.8 Å². The van der Waals surface area contributed by atoms with Crippen molar-refractivity contribution in [3.8, 4) is 0 Å². The highest BCUT2D eigenvalue weighted by Crippen LogP contribution is 2.48. The zero-order valence-corrected chi connectivity index (χ0v) is 15.7. The number of aliphatic hydroxyl groups excluding tert-OH is 2. The molecule has 6 heteroatoms. The maximum atomic E-state index is 10.4. The minimum atomic E-state index is -1.04. The van der Waals surface area contributed by atoms with Crippen LogP contribution in [0.2, 0.25) is 0 Å². The first kappa shape index (κ1) is 20.9. The summed E-state index contributed by atoms with van der Waals surface area (Å²) >= 11 is 0. The highest BCUT2D eigenvalue weighted by atomic mass is 16.6. The Morgan fingerprint density at radius 1 is 1.31 bits per heavy atom. The van der Waals surface area contributed by atoms with Gasteiger partial charge in [0.15, 0.2) is 0 Å². The summed E-state index contributed by atoms with van der Waals surface area (Å²) in [5, 5.41) is 33.0. The quantitative estimate of drug-likeness (QED) is 0.280. The number of aliphatic carboxylic acids is 1. The molecule has 0 bridgehead atoms. The molecule has 0 heterocycles. The van der Waals surface area contributed by atoms with E-state index in [1.807, 2.05) is 12.2 Å². The van der Waals surface area contributed by atoms with Crippen molar-refractivity contribution in [1.29, 1.82) is 0 Å². The molecule has 0 aromatic rings. The summed E-state index contributed by atoms with van der Waals surface area (Å²) in [7, 11) is 0. The molecule has 2 rings (SSSR count). The molecule has 148 valence electrons. The van der Waals surface area contributed by atoms with E-state index in [1.165, 1.54) is 25.7 Å². The summed E-state index contributed by atoms with van der Waals surface area (Å²) in [5.74, 6) is -0.676. The van der Waals surface area contributed by atoms with Crippen molar-refractivity contribution in [3.63, 3.8) is 0 Å². The van der Waals surface area contributed by atoms with Crippen molar-refractivity contribution in [2.45, 2.75) is 76.9 Å². The number of carbonyl (C=O) groups is 1. The second kappa shape index (κ2) is 10.7. The van der Waals surface area contributed by atoms with Gasteiger partial charge in [-0.15, -0.1) is 0 Å². The summed E-state index contributed by atoms with van der Waals surface area (Å²) in [6.45, 7) is 1.77. The number of carboxylic acid groups (broad SMARTS) is 1. The maximum absolute atomic E-state index is 10.4. The third-order valence-electron chi connectivity index (χ3n) is 5.60. The van der Waals surface area contributed by atoms with Crippen molar-refractivity contribution in [1.82, 2.24) is 0 Å². The molecule has 0 aromatic heterocycles. The van der Waals surface area contributed by atoms with Gasteiger partial charge in [-0.3, -0.25) is 0 Å². The summed E-state index contributed by atoms with van der Waals surface area (Å²) in [6.07, 6.45) is 12.4. The zero-order chi connectivity index (χ0) is 18.9. The van der Waals surface area contributed by atoms with Gasteiger partial charge in [-0.25, -0.2) is 4.79 Å². The van der Waals surface area contributed by atoms with Crippen molar-refractivity contribution in [3.05, 3.63) is 12.2 Å². The van der Waals surface area contributed by atoms with E-state index in [4.69, 9.17) is 9.94 Å². The first-order valence-corrected chi connectivity index (χ1v) is 9.97. The fourth-order valence-corrected chi connectivity index (χ4v) is 4.01. The van der Waals surface area contributed by atoms with Crippen molar-refractivity contribution in [2.24, 2.45) is 22.9 Å². The first-order chi connectivity index (χ1) is 12.5. The van der Waals surface area contributed by atoms with Crippen LogP contribution in [0.5, 0.6) is 0 Å². The van der Waals surface area contributed by atoms with Gasteiger partial charge in [-0.05, 0) is 25.2 Å². The summed E-state index contributed by atoms with van der Waals surface area (Å²) in [4.78, 5) is 15.2. The number of nitrogens with zero attached hydrogens (tertiary/aromatic N) is 1. The van der Waals surface area contributed by atoms with E-state index in [9.17, 15) is 15.0 Å². The SMILES string of the molecule is CCCCCCCCC(O)C=CC1C[C@@H]2C(=NOCC(=O)O)C[C@H]2C1O. The minimum absolute atomic E-state index is 0.0244. The van der Waals surface area contributed by atoms with Crippen LogP contribution >= 0.6 is 0 Å². The molecule has 6 nitrogen and oxygen atoms in total. The predicted molar refractivity (Wildman–Crippen MR) is 99.9 cm³/mol. The molecular formula is C20H33NO5. The van der Waals surface area contributed by atoms with E-state index in [2.05, 4.69) is 12.1 Å². The molecule has 0 aromatic carbocycles. The Hall–Kier alpha value is -1.40. The average molecular weight is 367 g/mol. The van der Waals surface area contributed by atoms with Gasteiger partial charge >= 0.3 is 5.97 Å². The minimum Gasteiger partial charge on any atom is -0.479 e. The molecular weight excluding hydrogens is 334 g/mol. The van der Waals surface area contributed by atoms with Gasteiger partial charge in [-0.2, -0.15) is 0 Å². The van der Waals surface area contributed by atoms with Gasteiger partial charge in [0.25, 0.3) is 0 Å². The Bertz CT molecular complexity index is 504. The van der Waals surface area contributed by atoms with Crippen molar-refractivity contribution < 1.29 is 25.0 Å². The number of carboxylic acids is 1. The molecule has 3 N–H and O–H groups in total. The Kier molecular flexibility index (Phi) is 8.59. The molecule has 0 amide bonds. The van der Waals surface area contributed by atoms with E-state index in [0.29, 0.717) is 6.42 Å². The lowest BCUT2D eigenvalue weighted by Gasteiger charge is -2.33. The fraction of sp³-hybridized carbons (Fsp3) is 0.800. The highest BCUT2D eigenvalue weighted by molar-refractivity contribution is 5.93. The lowest BCUT2D eigenvalue weighted by atomic mass is 9.73. The number of hydrogen-bond acceptors (Lipinski definition) is 5. The van der Waals surface area contributed by atoms with Crippen LogP contribution in [0.4, 0.5) is 0 Å². The Morgan fingerprint density at radius 3 is 2.77 bits per heavy atom. The van der Waals surface area contributed by atoms with Crippen LogP contribution in [0.1, 0.15) is 64.7 Å². The number of oxime groups is 1. The number of hydrogen-bond donors (Lipinski definition) is 3. The van der Waals surface area contributed by atoms with Gasteiger partial charge in [0, 0.05) is 11.8 Å². The standard InChI is InChI=1S/C20H33NO5/c1-2-3-4-5-6-7-8-15(22)10-9-14-11-16-17(20(14)25)12-18(16)21-26-13-19(23)24/h9-10,14-17,20,22,25H,2-8,11-13H2,1H3,(H,23,24)/t14?,15?,16-,17+,20?/m0/s1. The Morgan fingerprint density at radius 2 is 2.04 bits per heavy atom. The maximum Gasteiger partial charge on any atom is 0.344 e. The van der Waals surface area contributed by atoms with E-state index >= 15 is 0 Å². The van der Waals surface area contributed by atoms with Gasteiger partial charge < -0.3 is 20.2 Å². The number of fused-ring (bicyclic) bond motifs is 1. The molecule has 2 fully saturated rings. The number of aliphatic hydroxyl groups is 2. The van der Waals surface area contributed by atoms with Gasteiger partial charge in [0.2, 0.25) is 6.61 Å². The molecule has 2 aliphatic rings. The monoisotopic (exact) mass is 367 g/mol. The van der Waals surface area contributed by atoms with Crippen LogP contribution in [0.25, 0.3) is 0 Å². The molecule has 26 heavy (non-hydrogen) atoms. The topological polar surface area (TPSA) is 99.4 Å². The molecule has 0 saturated heterocycles. The lowest BCUT2D eigenvalue weighted by Crippen LogP contribution is -2.38. The zero-order valence-electron chi connectivity index (χ0n) is 15.7. The van der Waals surface area contributed by atoms with E-state index in [1.54, 1.807) is 0 Å². The second-order valence-electron chi connectivity index (χ2n) is 7.62. The molecule has 2 aliphatic carbocycles. The normalized spacial score (nSPS) is 30.3. The third-order valence-corrected chi connectivity index (χ3v) is 5.60. The van der Waals surface area contributed by atoms with Crippen LogP contribution in [0.15, 0.2) is 17.3 Å². The smallest absolute Gasteiger partial charge is 0.344 e. The van der Waals surface area contributed by atoms with E-state index in [0.717, 1.165) is 31.4 Å². The molecule has 0 spiro atoms. The average Bonchev–Trinajstić information content (AvgIpc) is 2.83. The van der Waals surface area contributed by atoms with Crippen LogP contribution < -0.4 is 0 Å². The van der Waals surface area contributed by atoms with Crippen molar-refractivity contribution >= 4 is 11.7 Å². The van der Waals surface area contributed by atoms with Crippen LogP contribution in [0.3, 0.4) is 0 Å². The van der Waals surface area contributed by atoms with Gasteiger partial charge in [0.05, 0.1) is 17.9 Å². The number of rotatable bonds is 12. The summed E-state index contributed by atoms with van der Waals surface area (Å²) < 4.78 is 0.